The summed E-state index contributed by atoms with van der Waals surface area (Å²) in [5.41, 5.74) is 3.73. The second-order valence-corrected chi connectivity index (χ2v) is 6.16. The van der Waals surface area contributed by atoms with Gasteiger partial charge in [-0.3, -0.25) is 9.69 Å². The standard InChI is InChI=1S/C17H22N2O/c1-13(12-20)8-9-17-10-11-18(2)16(17)19(3)15-7-5-4-6-14(15)17/h4-8,12,16H,9-11H2,1-3H3/b13-8+/t16?,17-/m0/s1. The Morgan fingerprint density at radius 3 is 2.90 bits per heavy atom. The molecule has 2 atom stereocenters. The van der Waals surface area contributed by atoms with E-state index in [1.54, 1.807) is 0 Å². The number of fused-ring (bicyclic) bond motifs is 3. The highest BCUT2D eigenvalue weighted by atomic mass is 16.1. The number of allylic oxidation sites excluding steroid dienone is 2. The van der Waals surface area contributed by atoms with Crippen molar-refractivity contribution in [2.75, 3.05) is 25.5 Å². The first-order valence-electron chi connectivity index (χ1n) is 7.25. The van der Waals surface area contributed by atoms with Crippen LogP contribution in [0.5, 0.6) is 0 Å². The lowest BCUT2D eigenvalue weighted by molar-refractivity contribution is -0.104. The molecular formula is C17H22N2O. The Labute approximate surface area is 120 Å². The Morgan fingerprint density at radius 2 is 2.15 bits per heavy atom. The normalized spacial score (nSPS) is 29.4. The van der Waals surface area contributed by atoms with E-state index in [1.165, 1.54) is 11.3 Å². The van der Waals surface area contributed by atoms with E-state index in [1.807, 2.05) is 6.92 Å². The molecule has 3 nitrogen and oxygen atoms in total. The molecule has 0 N–H and O–H groups in total. The lowest BCUT2D eigenvalue weighted by Gasteiger charge is -2.34. The monoisotopic (exact) mass is 270 g/mol. The fourth-order valence-corrected chi connectivity index (χ4v) is 4.03. The van der Waals surface area contributed by atoms with Crippen LogP contribution in [0, 0.1) is 0 Å². The van der Waals surface area contributed by atoms with Crippen LogP contribution in [-0.2, 0) is 10.2 Å². The average molecular weight is 270 g/mol. The van der Waals surface area contributed by atoms with Crippen molar-refractivity contribution < 1.29 is 4.79 Å². The first-order valence-corrected chi connectivity index (χ1v) is 7.25. The third-order valence-electron chi connectivity index (χ3n) is 4.98. The molecule has 0 spiro atoms. The highest BCUT2D eigenvalue weighted by Crippen LogP contribution is 2.53. The molecule has 3 heteroatoms. The number of benzene rings is 1. The van der Waals surface area contributed by atoms with E-state index in [9.17, 15) is 4.79 Å². The molecule has 2 aliphatic heterocycles. The van der Waals surface area contributed by atoms with Crippen molar-refractivity contribution in [1.82, 2.24) is 4.90 Å². The van der Waals surface area contributed by atoms with Crippen LogP contribution in [0.2, 0.25) is 0 Å². The molecule has 1 fully saturated rings. The molecule has 1 unspecified atom stereocenters. The van der Waals surface area contributed by atoms with Crippen LogP contribution in [0.15, 0.2) is 35.9 Å². The molecule has 1 saturated heterocycles. The Hall–Kier alpha value is -1.61. The van der Waals surface area contributed by atoms with Gasteiger partial charge in [0, 0.05) is 24.7 Å². The van der Waals surface area contributed by atoms with E-state index >= 15 is 0 Å². The lowest BCUT2D eigenvalue weighted by Crippen LogP contribution is -2.46. The molecule has 3 rings (SSSR count). The maximum Gasteiger partial charge on any atom is 0.145 e. The number of aldehydes is 1. The largest absolute Gasteiger partial charge is 0.358 e. The van der Waals surface area contributed by atoms with Crippen molar-refractivity contribution in [3.63, 3.8) is 0 Å². The van der Waals surface area contributed by atoms with Crippen molar-refractivity contribution in [2.45, 2.75) is 31.3 Å². The van der Waals surface area contributed by atoms with Crippen LogP contribution in [0.3, 0.4) is 0 Å². The first-order chi connectivity index (χ1) is 9.60. The fourth-order valence-electron chi connectivity index (χ4n) is 4.03. The van der Waals surface area contributed by atoms with Gasteiger partial charge in [-0.15, -0.1) is 0 Å². The number of carbonyl (C=O) groups excluding carboxylic acids is 1. The molecule has 2 heterocycles. The minimum atomic E-state index is 0.129. The molecule has 0 aromatic heterocycles. The van der Waals surface area contributed by atoms with Gasteiger partial charge in [0.1, 0.15) is 6.29 Å². The number of para-hydroxylation sites is 1. The molecule has 0 bridgehead atoms. The summed E-state index contributed by atoms with van der Waals surface area (Å²) in [5.74, 6) is 0. The van der Waals surface area contributed by atoms with Gasteiger partial charge in [0.2, 0.25) is 0 Å². The topological polar surface area (TPSA) is 23.6 Å². The second-order valence-electron chi connectivity index (χ2n) is 6.16. The maximum atomic E-state index is 10.9. The number of carbonyl (C=O) groups is 1. The van der Waals surface area contributed by atoms with Gasteiger partial charge >= 0.3 is 0 Å². The van der Waals surface area contributed by atoms with Crippen LogP contribution >= 0.6 is 0 Å². The van der Waals surface area contributed by atoms with E-state index in [0.29, 0.717) is 6.17 Å². The summed E-state index contributed by atoms with van der Waals surface area (Å²) in [6.07, 6.45) is 5.55. The maximum absolute atomic E-state index is 10.9. The van der Waals surface area contributed by atoms with Gasteiger partial charge in [-0.25, -0.2) is 0 Å². The first kappa shape index (κ1) is 13.4. The Morgan fingerprint density at radius 1 is 1.40 bits per heavy atom. The summed E-state index contributed by atoms with van der Waals surface area (Å²) in [4.78, 5) is 15.7. The summed E-state index contributed by atoms with van der Waals surface area (Å²) in [6.45, 7) is 3.00. The number of hydrogen-bond acceptors (Lipinski definition) is 3. The van der Waals surface area contributed by atoms with Crippen LogP contribution in [0.1, 0.15) is 25.3 Å². The van der Waals surface area contributed by atoms with Crippen LogP contribution in [0.4, 0.5) is 5.69 Å². The van der Waals surface area contributed by atoms with Crippen molar-refractivity contribution in [3.05, 3.63) is 41.5 Å². The highest BCUT2D eigenvalue weighted by molar-refractivity contribution is 5.72. The predicted molar refractivity (Wildman–Crippen MR) is 82.0 cm³/mol. The van der Waals surface area contributed by atoms with Crippen LogP contribution < -0.4 is 4.90 Å². The molecule has 1 aromatic carbocycles. The number of likely N-dealkylation sites (tertiary alicyclic amines) is 1. The zero-order chi connectivity index (χ0) is 14.3. The Balaban J connectivity index is 2.08. The molecule has 0 radical (unpaired) electrons. The number of rotatable bonds is 3. The minimum absolute atomic E-state index is 0.129. The number of likely N-dealkylation sites (N-methyl/N-ethyl adjacent to an activating group) is 2. The molecule has 20 heavy (non-hydrogen) atoms. The third-order valence-corrected chi connectivity index (χ3v) is 4.98. The molecule has 106 valence electrons. The zero-order valence-electron chi connectivity index (χ0n) is 12.5. The lowest BCUT2D eigenvalue weighted by atomic mass is 9.76. The van der Waals surface area contributed by atoms with Crippen LogP contribution in [0.25, 0.3) is 0 Å². The Kier molecular flexibility index (Phi) is 3.17. The number of anilines is 1. The van der Waals surface area contributed by atoms with Gasteiger partial charge in [0.05, 0.1) is 6.17 Å². The summed E-state index contributed by atoms with van der Waals surface area (Å²) in [7, 11) is 4.38. The SMILES string of the molecule is C/C(C=O)=C\C[C@@]12CCN(C)C1N(C)c1ccccc12. The van der Waals surface area contributed by atoms with Gasteiger partial charge in [0.25, 0.3) is 0 Å². The van der Waals surface area contributed by atoms with E-state index < -0.39 is 0 Å². The molecule has 1 aromatic rings. The van der Waals surface area contributed by atoms with Gasteiger partial charge in [-0.05, 0) is 44.0 Å². The number of nitrogens with zero attached hydrogens (tertiary/aromatic N) is 2. The van der Waals surface area contributed by atoms with Gasteiger partial charge in [-0.1, -0.05) is 24.3 Å². The second kappa shape index (κ2) is 4.74. The molecule has 0 aliphatic carbocycles. The van der Waals surface area contributed by atoms with E-state index in [2.05, 4.69) is 54.2 Å². The van der Waals surface area contributed by atoms with E-state index in [4.69, 9.17) is 0 Å². The van der Waals surface area contributed by atoms with E-state index in [-0.39, 0.29) is 5.41 Å². The fraction of sp³-hybridized carbons (Fsp3) is 0.471. The molecule has 2 aliphatic rings. The summed E-state index contributed by atoms with van der Waals surface area (Å²) < 4.78 is 0. The number of hydrogen-bond donors (Lipinski definition) is 0. The quantitative estimate of drug-likeness (QED) is 0.623. The Bertz CT molecular complexity index is 566. The zero-order valence-corrected chi connectivity index (χ0v) is 12.5. The summed E-state index contributed by atoms with van der Waals surface area (Å²) in [5, 5.41) is 0. The van der Waals surface area contributed by atoms with Crippen molar-refractivity contribution in [2.24, 2.45) is 0 Å². The van der Waals surface area contributed by atoms with E-state index in [0.717, 1.165) is 31.2 Å². The highest BCUT2D eigenvalue weighted by Gasteiger charge is 2.54. The molecule has 0 amide bonds. The van der Waals surface area contributed by atoms with Crippen molar-refractivity contribution in [3.8, 4) is 0 Å². The molecule has 0 saturated carbocycles. The van der Waals surface area contributed by atoms with Gasteiger partial charge in [0.15, 0.2) is 0 Å². The van der Waals surface area contributed by atoms with Gasteiger partial charge in [-0.2, -0.15) is 0 Å². The van der Waals surface area contributed by atoms with Crippen LogP contribution in [-0.4, -0.2) is 38.0 Å². The predicted octanol–water partition coefficient (Wildman–Crippen LogP) is 2.57. The van der Waals surface area contributed by atoms with Gasteiger partial charge < -0.3 is 4.90 Å². The van der Waals surface area contributed by atoms with Crippen molar-refractivity contribution in [1.29, 1.82) is 0 Å². The molecular weight excluding hydrogens is 248 g/mol. The average Bonchev–Trinajstić information content (AvgIpc) is 2.93. The smallest absolute Gasteiger partial charge is 0.145 e. The minimum Gasteiger partial charge on any atom is -0.358 e. The summed E-state index contributed by atoms with van der Waals surface area (Å²) >= 11 is 0. The third kappa shape index (κ3) is 1.73. The van der Waals surface area contributed by atoms with Crippen molar-refractivity contribution >= 4 is 12.0 Å². The summed E-state index contributed by atoms with van der Waals surface area (Å²) in [6, 6.07) is 8.70.